The smallest absolute Gasteiger partial charge is 0.246 e. The van der Waals surface area contributed by atoms with Gasteiger partial charge in [-0.05, 0) is 49.2 Å². The molecule has 0 spiro atoms. The van der Waals surface area contributed by atoms with Gasteiger partial charge in [-0.15, -0.1) is 0 Å². The van der Waals surface area contributed by atoms with E-state index < -0.39 is 0 Å². The lowest BCUT2D eigenvalue weighted by molar-refractivity contribution is -0.117. The van der Waals surface area contributed by atoms with E-state index in [2.05, 4.69) is 42.0 Å². The van der Waals surface area contributed by atoms with Crippen LogP contribution in [0.5, 0.6) is 0 Å². The number of likely N-dealkylation sites (N-methyl/N-ethyl adjacent to an activating group) is 2. The van der Waals surface area contributed by atoms with Crippen molar-refractivity contribution in [3.63, 3.8) is 0 Å². The number of hydrogen-bond donors (Lipinski definition) is 1. The lowest BCUT2D eigenvalue weighted by Gasteiger charge is -2.33. The maximum Gasteiger partial charge on any atom is 0.246 e. The third-order valence-electron chi connectivity index (χ3n) is 3.80. The predicted octanol–water partition coefficient (Wildman–Crippen LogP) is 3.53. The number of nitrogens with zero attached hydrogens (tertiary/aromatic N) is 2. The van der Waals surface area contributed by atoms with Gasteiger partial charge in [0.25, 0.3) is 0 Å². The molecule has 2 aromatic carbocycles. The zero-order chi connectivity index (χ0) is 15.7. The Bertz CT molecular complexity index is 700. The Balaban J connectivity index is 1.77. The van der Waals surface area contributed by atoms with Crippen molar-refractivity contribution in [2.45, 2.75) is 11.8 Å². The van der Waals surface area contributed by atoms with Crippen LogP contribution >= 0.6 is 11.9 Å². The van der Waals surface area contributed by atoms with Gasteiger partial charge in [0.05, 0.1) is 17.9 Å². The summed E-state index contributed by atoms with van der Waals surface area (Å²) in [5.41, 5.74) is 4.30. The maximum atomic E-state index is 11.9. The van der Waals surface area contributed by atoms with Crippen molar-refractivity contribution in [1.82, 2.24) is 0 Å². The highest BCUT2D eigenvalue weighted by Crippen LogP contribution is 2.35. The van der Waals surface area contributed by atoms with E-state index in [4.69, 9.17) is 0 Å². The van der Waals surface area contributed by atoms with Crippen molar-refractivity contribution in [2.75, 3.05) is 35.2 Å². The number of rotatable bonds is 3. The van der Waals surface area contributed by atoms with Gasteiger partial charge in [0.15, 0.2) is 0 Å². The van der Waals surface area contributed by atoms with Gasteiger partial charge in [-0.1, -0.05) is 17.7 Å². The van der Waals surface area contributed by atoms with Crippen molar-refractivity contribution in [3.8, 4) is 0 Å². The van der Waals surface area contributed by atoms with Gasteiger partial charge in [-0.3, -0.25) is 4.79 Å². The summed E-state index contributed by atoms with van der Waals surface area (Å²) in [5.74, 6) is 0.115. The Labute approximate surface area is 135 Å². The molecule has 0 unspecified atom stereocenters. The molecule has 4 nitrogen and oxygen atoms in total. The van der Waals surface area contributed by atoms with Gasteiger partial charge >= 0.3 is 0 Å². The second-order valence-electron chi connectivity index (χ2n) is 5.53. The minimum absolute atomic E-state index is 0.115. The molecule has 1 aliphatic rings. The Kier molecular flexibility index (Phi) is 3.98. The van der Waals surface area contributed by atoms with Gasteiger partial charge < -0.3 is 14.5 Å². The van der Waals surface area contributed by atoms with Crippen LogP contribution in [0, 0.1) is 6.92 Å². The fourth-order valence-corrected chi connectivity index (χ4v) is 3.06. The summed E-state index contributed by atoms with van der Waals surface area (Å²) in [6, 6.07) is 14.5. The molecule has 1 heterocycles. The molecule has 114 valence electrons. The van der Waals surface area contributed by atoms with Gasteiger partial charge in [0, 0.05) is 24.7 Å². The molecule has 0 fully saturated rings. The number of anilines is 3. The summed E-state index contributed by atoms with van der Waals surface area (Å²) in [4.78, 5) is 16.7. The minimum Gasteiger partial charge on any atom is -0.364 e. The topological polar surface area (TPSA) is 35.6 Å². The molecule has 3 rings (SSSR count). The number of benzene rings is 2. The van der Waals surface area contributed by atoms with E-state index in [9.17, 15) is 4.79 Å². The average molecular weight is 313 g/mol. The first-order chi connectivity index (χ1) is 10.5. The third kappa shape index (κ3) is 2.90. The molecular weight excluding hydrogens is 294 g/mol. The van der Waals surface area contributed by atoms with E-state index in [1.54, 1.807) is 16.8 Å². The predicted molar refractivity (Wildman–Crippen MR) is 93.8 cm³/mol. The largest absolute Gasteiger partial charge is 0.364 e. The second kappa shape index (κ2) is 5.93. The van der Waals surface area contributed by atoms with E-state index in [1.807, 2.05) is 31.1 Å². The van der Waals surface area contributed by atoms with Crippen LogP contribution in [-0.4, -0.2) is 26.5 Å². The van der Waals surface area contributed by atoms with Crippen molar-refractivity contribution in [2.24, 2.45) is 0 Å². The second-order valence-corrected chi connectivity index (χ2v) is 6.41. The van der Waals surface area contributed by atoms with Crippen LogP contribution < -0.4 is 14.5 Å². The van der Waals surface area contributed by atoms with Crippen LogP contribution in [0.15, 0.2) is 47.4 Å². The summed E-state index contributed by atoms with van der Waals surface area (Å²) in [5, 5.41) is 0. The standard InChI is InChI=1S/C17H19N3OS/c1-12-4-7-14(8-5-12)22-18-13-6-9-15-16(10-13)19(2)11-17(21)20(15)3/h4-10,18H,11H2,1-3H3. The molecule has 0 aliphatic carbocycles. The van der Waals surface area contributed by atoms with Crippen LogP contribution in [0.1, 0.15) is 5.56 Å². The zero-order valence-corrected chi connectivity index (χ0v) is 13.8. The Morgan fingerprint density at radius 2 is 1.77 bits per heavy atom. The number of fused-ring (bicyclic) bond motifs is 1. The molecule has 0 aromatic heterocycles. The molecule has 1 amide bonds. The van der Waals surface area contributed by atoms with E-state index in [0.717, 1.165) is 17.1 Å². The summed E-state index contributed by atoms with van der Waals surface area (Å²) in [6.45, 7) is 2.50. The normalized spacial score (nSPS) is 14.0. The van der Waals surface area contributed by atoms with Crippen LogP contribution in [0.4, 0.5) is 17.1 Å². The van der Waals surface area contributed by atoms with Crippen LogP contribution in [0.25, 0.3) is 0 Å². The van der Waals surface area contributed by atoms with Crippen molar-refractivity contribution >= 4 is 34.9 Å². The minimum atomic E-state index is 0.115. The molecule has 0 atom stereocenters. The molecule has 0 bridgehead atoms. The summed E-state index contributed by atoms with van der Waals surface area (Å²) >= 11 is 1.59. The molecular formula is C17H19N3OS. The molecule has 1 N–H and O–H groups in total. The molecule has 22 heavy (non-hydrogen) atoms. The molecule has 1 aliphatic heterocycles. The summed E-state index contributed by atoms with van der Waals surface area (Å²) < 4.78 is 3.36. The third-order valence-corrected chi connectivity index (χ3v) is 4.65. The number of aryl methyl sites for hydroxylation is 1. The van der Waals surface area contributed by atoms with E-state index in [0.29, 0.717) is 6.54 Å². The number of carbonyl (C=O) groups is 1. The van der Waals surface area contributed by atoms with Crippen molar-refractivity contribution < 1.29 is 4.79 Å². The number of hydrogen-bond acceptors (Lipinski definition) is 4. The van der Waals surface area contributed by atoms with Gasteiger partial charge in [-0.2, -0.15) is 0 Å². The van der Waals surface area contributed by atoms with Crippen LogP contribution in [0.2, 0.25) is 0 Å². The van der Waals surface area contributed by atoms with Gasteiger partial charge in [0.1, 0.15) is 0 Å². The highest BCUT2D eigenvalue weighted by atomic mass is 32.2. The van der Waals surface area contributed by atoms with E-state index in [-0.39, 0.29) is 5.91 Å². The highest BCUT2D eigenvalue weighted by Gasteiger charge is 2.24. The zero-order valence-electron chi connectivity index (χ0n) is 13.0. The molecule has 0 saturated heterocycles. The summed E-state index contributed by atoms with van der Waals surface area (Å²) in [7, 11) is 3.77. The van der Waals surface area contributed by atoms with E-state index >= 15 is 0 Å². The Hall–Kier alpha value is -2.14. The highest BCUT2D eigenvalue weighted by molar-refractivity contribution is 8.00. The van der Waals surface area contributed by atoms with Gasteiger partial charge in [-0.25, -0.2) is 0 Å². The summed E-state index contributed by atoms with van der Waals surface area (Å²) in [6.07, 6.45) is 0. The maximum absolute atomic E-state index is 11.9. The average Bonchev–Trinajstić information content (AvgIpc) is 2.52. The number of carbonyl (C=O) groups excluding carboxylic acids is 1. The molecule has 2 aromatic rings. The van der Waals surface area contributed by atoms with Crippen molar-refractivity contribution in [1.29, 1.82) is 0 Å². The Morgan fingerprint density at radius 3 is 2.50 bits per heavy atom. The first kappa shape index (κ1) is 14.8. The van der Waals surface area contributed by atoms with Crippen molar-refractivity contribution in [3.05, 3.63) is 48.0 Å². The monoisotopic (exact) mass is 313 g/mol. The quantitative estimate of drug-likeness (QED) is 0.879. The first-order valence-electron chi connectivity index (χ1n) is 7.16. The van der Waals surface area contributed by atoms with Crippen LogP contribution in [-0.2, 0) is 4.79 Å². The molecule has 0 radical (unpaired) electrons. The van der Waals surface area contributed by atoms with Crippen LogP contribution in [0.3, 0.4) is 0 Å². The Morgan fingerprint density at radius 1 is 1.05 bits per heavy atom. The van der Waals surface area contributed by atoms with Gasteiger partial charge in [0.2, 0.25) is 5.91 Å². The SMILES string of the molecule is Cc1ccc(SNc2ccc3c(c2)N(C)CC(=O)N3C)cc1. The number of nitrogens with one attached hydrogen (secondary N) is 1. The van der Waals surface area contributed by atoms with E-state index in [1.165, 1.54) is 10.5 Å². The lowest BCUT2D eigenvalue weighted by atomic mass is 10.1. The fourth-order valence-electron chi connectivity index (χ4n) is 2.43. The lowest BCUT2D eigenvalue weighted by Crippen LogP contribution is -2.41. The molecule has 5 heteroatoms. The first-order valence-corrected chi connectivity index (χ1v) is 7.97. The molecule has 0 saturated carbocycles. The number of amides is 1. The fraction of sp³-hybridized carbons (Fsp3) is 0.235.